The molecular weight excluding hydrogens is 277 g/mol. The minimum atomic E-state index is -0.366. The van der Waals surface area contributed by atoms with E-state index in [1.807, 2.05) is 6.92 Å². The number of halogens is 2. The first-order valence-electron chi connectivity index (χ1n) is 4.80. The van der Waals surface area contributed by atoms with Gasteiger partial charge in [0, 0.05) is 0 Å². The highest BCUT2D eigenvalue weighted by atomic mass is 79.9. The van der Waals surface area contributed by atoms with Crippen molar-refractivity contribution >= 4 is 22.4 Å². The molecule has 1 atom stereocenters. The monoisotopic (exact) mass is 291 g/mol. The minimum absolute atomic E-state index is 0.351. The largest absolute Gasteiger partial charge is 0.460 e. The Morgan fingerprint density at radius 3 is 2.62 bits per heavy atom. The molecule has 0 saturated carbocycles. The van der Waals surface area contributed by atoms with Gasteiger partial charge in [-0.25, -0.2) is 4.39 Å². The predicted molar refractivity (Wildman–Crippen MR) is 64.4 cm³/mol. The lowest BCUT2D eigenvalue weighted by Gasteiger charge is -2.13. The van der Waals surface area contributed by atoms with Crippen LogP contribution in [0.2, 0.25) is 0 Å². The fraction of sp³-hybridized carbons (Fsp3) is 0.364. The van der Waals surface area contributed by atoms with Crippen LogP contribution >= 0.6 is 15.9 Å². The normalized spacial score (nSPS) is 11.1. The molecular formula is C11H15BrFNO2. The Hall–Kier alpha value is -0.940. The third-order valence-corrected chi connectivity index (χ3v) is 2.55. The third kappa shape index (κ3) is 4.28. The molecule has 0 heterocycles. The molecule has 90 valence electrons. The second-order valence-corrected chi connectivity index (χ2v) is 3.66. The summed E-state index contributed by atoms with van der Waals surface area (Å²) < 4.78 is 18.3. The number of benzene rings is 1. The molecule has 0 aromatic heterocycles. The smallest absolute Gasteiger partial charge is 0.293 e. The van der Waals surface area contributed by atoms with Crippen molar-refractivity contribution in [1.82, 2.24) is 0 Å². The summed E-state index contributed by atoms with van der Waals surface area (Å²) in [6, 6.07) is 4.69. The SMILES string of the molecule is CC[C@H](OC=O)c1ccc(Br)c(F)c1.CN. The number of nitrogens with two attached hydrogens (primary N) is 1. The molecule has 0 unspecified atom stereocenters. The van der Waals surface area contributed by atoms with Crippen LogP contribution in [0.25, 0.3) is 0 Å². The molecule has 1 rings (SSSR count). The van der Waals surface area contributed by atoms with Gasteiger partial charge in [0.25, 0.3) is 6.47 Å². The Labute approximate surface area is 103 Å². The molecule has 0 fully saturated rings. The molecule has 5 heteroatoms. The number of hydrogen-bond donors (Lipinski definition) is 1. The number of rotatable bonds is 4. The van der Waals surface area contributed by atoms with E-state index in [0.717, 1.165) is 0 Å². The Kier molecular flexibility index (Phi) is 7.76. The topological polar surface area (TPSA) is 52.3 Å². The molecule has 16 heavy (non-hydrogen) atoms. The first-order chi connectivity index (χ1) is 7.69. The summed E-state index contributed by atoms with van der Waals surface area (Å²) in [5.41, 5.74) is 5.17. The molecule has 1 aromatic rings. The van der Waals surface area contributed by atoms with Gasteiger partial charge in [0.05, 0.1) is 4.47 Å². The second kappa shape index (κ2) is 8.24. The maximum Gasteiger partial charge on any atom is 0.293 e. The summed E-state index contributed by atoms with van der Waals surface area (Å²) >= 11 is 3.05. The maximum absolute atomic E-state index is 13.1. The Morgan fingerprint density at radius 2 is 2.19 bits per heavy atom. The fourth-order valence-electron chi connectivity index (χ4n) is 1.19. The van der Waals surface area contributed by atoms with Crippen molar-refractivity contribution in [2.24, 2.45) is 5.73 Å². The van der Waals surface area contributed by atoms with Crippen LogP contribution in [0.3, 0.4) is 0 Å². The number of hydrogen-bond acceptors (Lipinski definition) is 3. The van der Waals surface area contributed by atoms with Gasteiger partial charge < -0.3 is 10.5 Å². The van der Waals surface area contributed by atoms with Crippen molar-refractivity contribution in [2.45, 2.75) is 19.4 Å². The van der Waals surface area contributed by atoms with Gasteiger partial charge in [0.1, 0.15) is 11.9 Å². The quantitative estimate of drug-likeness (QED) is 0.868. The van der Waals surface area contributed by atoms with Crippen LogP contribution in [0.5, 0.6) is 0 Å². The second-order valence-electron chi connectivity index (χ2n) is 2.80. The van der Waals surface area contributed by atoms with Gasteiger partial charge in [-0.2, -0.15) is 0 Å². The lowest BCUT2D eigenvalue weighted by molar-refractivity contribution is -0.134. The van der Waals surface area contributed by atoms with Gasteiger partial charge in [-0.15, -0.1) is 0 Å². The van der Waals surface area contributed by atoms with E-state index in [-0.39, 0.29) is 11.9 Å². The van der Waals surface area contributed by atoms with Crippen LogP contribution in [0.15, 0.2) is 22.7 Å². The molecule has 0 radical (unpaired) electrons. The molecule has 1 aromatic carbocycles. The van der Waals surface area contributed by atoms with Crippen molar-refractivity contribution in [3.8, 4) is 0 Å². The number of ether oxygens (including phenoxy) is 1. The van der Waals surface area contributed by atoms with Crippen molar-refractivity contribution < 1.29 is 13.9 Å². The van der Waals surface area contributed by atoms with Crippen molar-refractivity contribution in [3.63, 3.8) is 0 Å². The van der Waals surface area contributed by atoms with E-state index in [1.54, 1.807) is 12.1 Å². The van der Waals surface area contributed by atoms with Gasteiger partial charge in [0.15, 0.2) is 0 Å². The first-order valence-corrected chi connectivity index (χ1v) is 5.60. The highest BCUT2D eigenvalue weighted by Crippen LogP contribution is 2.24. The van der Waals surface area contributed by atoms with E-state index in [9.17, 15) is 9.18 Å². The number of carbonyl (C=O) groups is 1. The van der Waals surface area contributed by atoms with Gasteiger partial charge in [-0.1, -0.05) is 13.0 Å². The van der Waals surface area contributed by atoms with Crippen LogP contribution in [0, 0.1) is 5.82 Å². The average molecular weight is 292 g/mol. The fourth-order valence-corrected chi connectivity index (χ4v) is 1.44. The van der Waals surface area contributed by atoms with Crippen molar-refractivity contribution in [3.05, 3.63) is 34.1 Å². The highest BCUT2D eigenvalue weighted by Gasteiger charge is 2.11. The van der Waals surface area contributed by atoms with Crippen LogP contribution in [0.1, 0.15) is 25.0 Å². The predicted octanol–water partition coefficient (Wildman–Crippen LogP) is 2.79. The van der Waals surface area contributed by atoms with Gasteiger partial charge in [0.2, 0.25) is 0 Å². The lowest BCUT2D eigenvalue weighted by Crippen LogP contribution is -2.02. The summed E-state index contributed by atoms with van der Waals surface area (Å²) in [6.07, 6.45) is 0.259. The molecule has 0 aliphatic carbocycles. The molecule has 0 bridgehead atoms. The standard InChI is InChI=1S/C10H10BrFO2.CH5N/c1-2-10(14-6-13)7-3-4-8(11)9(12)5-7;1-2/h3-6,10H,2H2,1H3;2H2,1H3/t10-;/m0./s1. The van der Waals surface area contributed by atoms with E-state index >= 15 is 0 Å². The molecule has 0 saturated heterocycles. The Balaban J connectivity index is 0.00000106. The summed E-state index contributed by atoms with van der Waals surface area (Å²) in [5, 5.41) is 0. The van der Waals surface area contributed by atoms with Crippen LogP contribution in [-0.2, 0) is 9.53 Å². The Bertz CT molecular complexity index is 334. The minimum Gasteiger partial charge on any atom is -0.460 e. The summed E-state index contributed by atoms with van der Waals surface area (Å²) in [6.45, 7) is 2.25. The molecule has 0 aliphatic rings. The van der Waals surface area contributed by atoms with E-state index in [0.29, 0.717) is 22.9 Å². The van der Waals surface area contributed by atoms with Crippen molar-refractivity contribution in [2.75, 3.05) is 7.05 Å². The zero-order valence-corrected chi connectivity index (χ0v) is 10.8. The maximum atomic E-state index is 13.1. The molecule has 2 N–H and O–H groups in total. The third-order valence-electron chi connectivity index (χ3n) is 1.91. The highest BCUT2D eigenvalue weighted by molar-refractivity contribution is 9.10. The summed E-state index contributed by atoms with van der Waals surface area (Å²) in [7, 11) is 1.50. The Morgan fingerprint density at radius 1 is 1.56 bits per heavy atom. The van der Waals surface area contributed by atoms with E-state index < -0.39 is 0 Å². The first kappa shape index (κ1) is 15.1. The lowest BCUT2D eigenvalue weighted by atomic mass is 10.1. The zero-order chi connectivity index (χ0) is 12.6. The summed E-state index contributed by atoms with van der Waals surface area (Å²) in [4.78, 5) is 10.2. The van der Waals surface area contributed by atoms with Gasteiger partial charge >= 0.3 is 0 Å². The van der Waals surface area contributed by atoms with Crippen LogP contribution < -0.4 is 5.73 Å². The van der Waals surface area contributed by atoms with Gasteiger partial charge in [-0.3, -0.25) is 4.79 Å². The van der Waals surface area contributed by atoms with E-state index in [1.165, 1.54) is 13.1 Å². The molecule has 0 amide bonds. The van der Waals surface area contributed by atoms with Gasteiger partial charge in [-0.05, 0) is 47.1 Å². The number of carbonyl (C=O) groups excluding carboxylic acids is 1. The zero-order valence-electron chi connectivity index (χ0n) is 9.24. The van der Waals surface area contributed by atoms with E-state index in [4.69, 9.17) is 4.74 Å². The summed E-state index contributed by atoms with van der Waals surface area (Å²) in [5.74, 6) is -0.351. The molecule has 3 nitrogen and oxygen atoms in total. The molecule has 0 spiro atoms. The van der Waals surface area contributed by atoms with Crippen LogP contribution in [0.4, 0.5) is 4.39 Å². The van der Waals surface area contributed by atoms with Crippen LogP contribution in [-0.4, -0.2) is 13.5 Å². The van der Waals surface area contributed by atoms with E-state index in [2.05, 4.69) is 21.7 Å². The molecule has 0 aliphatic heterocycles. The average Bonchev–Trinajstić information content (AvgIpc) is 2.32. The van der Waals surface area contributed by atoms with Crippen molar-refractivity contribution in [1.29, 1.82) is 0 Å².